The first kappa shape index (κ1) is 19.9. The van der Waals surface area contributed by atoms with E-state index >= 15 is 0 Å². The van der Waals surface area contributed by atoms with Crippen LogP contribution in [0.1, 0.15) is 97.2 Å². The van der Waals surface area contributed by atoms with Crippen molar-refractivity contribution < 1.29 is 4.57 Å². The minimum absolute atomic E-state index is 0.448. The molecule has 1 aromatic rings. The van der Waals surface area contributed by atoms with E-state index < -0.39 is 0 Å². The predicted octanol–water partition coefficient (Wildman–Crippen LogP) is 5.73. The number of hydrogen-bond acceptors (Lipinski definition) is 1. The quantitative estimate of drug-likeness (QED) is 0.610. The van der Waals surface area contributed by atoms with Crippen molar-refractivity contribution in [2.75, 3.05) is 19.6 Å². The summed E-state index contributed by atoms with van der Waals surface area (Å²) in [6, 6.07) is 7.62. The van der Waals surface area contributed by atoms with Crippen LogP contribution in [0.4, 0.5) is 0 Å². The Labute approximate surface area is 162 Å². The molecule has 0 radical (unpaired) electrons. The van der Waals surface area contributed by atoms with Crippen molar-refractivity contribution in [1.82, 2.24) is 4.90 Å². The molecule has 1 aliphatic heterocycles. The van der Waals surface area contributed by atoms with E-state index in [2.05, 4.69) is 68.5 Å². The van der Waals surface area contributed by atoms with E-state index in [9.17, 15) is 0 Å². The molecule has 0 N–H and O–H groups in total. The SMILES string of the molecule is CCCCN1CCC([n+]2ccccc2C2CC(C)(C)CC(C)(C)C2)CC1. The highest BCUT2D eigenvalue weighted by molar-refractivity contribution is 5.09. The second-order valence-electron chi connectivity index (χ2n) is 10.6. The van der Waals surface area contributed by atoms with E-state index in [1.807, 2.05) is 0 Å². The molecule has 1 aromatic heterocycles. The standard InChI is InChI=1S/C24H41N2/c1-6-7-13-25-15-11-21(12-16-25)26-14-9-8-10-22(26)20-17-23(2,3)19-24(4,5)18-20/h8-10,14,20-21H,6-7,11-13,15-19H2,1-5H3/q+1. The first-order valence-electron chi connectivity index (χ1n) is 11.0. The molecular weight excluding hydrogens is 316 g/mol. The molecule has 26 heavy (non-hydrogen) atoms. The molecule has 0 atom stereocenters. The average molecular weight is 358 g/mol. The van der Waals surface area contributed by atoms with Gasteiger partial charge in [0, 0.05) is 44.0 Å². The van der Waals surface area contributed by atoms with Gasteiger partial charge in [-0.2, -0.15) is 4.57 Å². The number of pyridine rings is 1. The molecule has 1 saturated heterocycles. The minimum Gasteiger partial charge on any atom is -0.303 e. The zero-order valence-corrected chi connectivity index (χ0v) is 17.9. The summed E-state index contributed by atoms with van der Waals surface area (Å²) in [7, 11) is 0. The number of rotatable bonds is 5. The van der Waals surface area contributed by atoms with Gasteiger partial charge in [0.2, 0.25) is 0 Å². The summed E-state index contributed by atoms with van der Waals surface area (Å²) < 4.78 is 2.67. The fraction of sp³-hybridized carbons (Fsp3) is 0.792. The monoisotopic (exact) mass is 357 g/mol. The Morgan fingerprint density at radius 3 is 2.31 bits per heavy atom. The van der Waals surface area contributed by atoms with E-state index in [4.69, 9.17) is 0 Å². The minimum atomic E-state index is 0.448. The summed E-state index contributed by atoms with van der Waals surface area (Å²) in [5.41, 5.74) is 2.49. The maximum absolute atomic E-state index is 2.68. The lowest BCUT2D eigenvalue weighted by Gasteiger charge is -2.44. The van der Waals surface area contributed by atoms with Crippen molar-refractivity contribution in [2.45, 2.75) is 91.5 Å². The van der Waals surface area contributed by atoms with Crippen molar-refractivity contribution in [3.8, 4) is 0 Å². The second-order valence-corrected chi connectivity index (χ2v) is 10.6. The lowest BCUT2D eigenvalue weighted by Crippen LogP contribution is -2.50. The molecule has 0 bridgehead atoms. The lowest BCUT2D eigenvalue weighted by atomic mass is 9.61. The average Bonchev–Trinajstić information content (AvgIpc) is 2.58. The maximum atomic E-state index is 2.68. The Bertz CT molecular complexity index is 566. The van der Waals surface area contributed by atoms with Crippen molar-refractivity contribution in [3.05, 3.63) is 30.1 Å². The normalized spacial score (nSPS) is 24.7. The molecular formula is C24H41N2+. The fourth-order valence-electron chi connectivity index (χ4n) is 6.01. The molecule has 0 aromatic carbocycles. The summed E-state index contributed by atoms with van der Waals surface area (Å²) in [5, 5.41) is 0. The maximum Gasteiger partial charge on any atom is 0.184 e. The van der Waals surface area contributed by atoms with Crippen LogP contribution < -0.4 is 4.57 Å². The van der Waals surface area contributed by atoms with Crippen LogP contribution in [-0.2, 0) is 0 Å². The van der Waals surface area contributed by atoms with Gasteiger partial charge in [0.15, 0.2) is 17.9 Å². The van der Waals surface area contributed by atoms with Crippen molar-refractivity contribution in [3.63, 3.8) is 0 Å². The van der Waals surface area contributed by atoms with Gasteiger partial charge in [-0.3, -0.25) is 0 Å². The lowest BCUT2D eigenvalue weighted by molar-refractivity contribution is -0.734. The van der Waals surface area contributed by atoms with Gasteiger partial charge in [0.25, 0.3) is 0 Å². The smallest absolute Gasteiger partial charge is 0.184 e. The Morgan fingerprint density at radius 2 is 1.69 bits per heavy atom. The van der Waals surface area contributed by atoms with Crippen molar-refractivity contribution >= 4 is 0 Å². The molecule has 2 heteroatoms. The van der Waals surface area contributed by atoms with Crippen LogP contribution >= 0.6 is 0 Å². The van der Waals surface area contributed by atoms with Gasteiger partial charge >= 0.3 is 0 Å². The van der Waals surface area contributed by atoms with Gasteiger partial charge in [0.05, 0.1) is 0 Å². The molecule has 0 amide bonds. The van der Waals surface area contributed by atoms with Crippen LogP contribution in [0.3, 0.4) is 0 Å². The number of nitrogens with zero attached hydrogens (tertiary/aromatic N) is 2. The first-order chi connectivity index (χ1) is 12.3. The summed E-state index contributed by atoms with van der Waals surface area (Å²) in [5.74, 6) is 0.702. The van der Waals surface area contributed by atoms with Crippen LogP contribution in [-0.4, -0.2) is 24.5 Å². The molecule has 2 heterocycles. The van der Waals surface area contributed by atoms with Crippen LogP contribution in [0.25, 0.3) is 0 Å². The molecule has 2 fully saturated rings. The van der Waals surface area contributed by atoms with E-state index in [1.54, 1.807) is 5.69 Å². The highest BCUT2D eigenvalue weighted by Crippen LogP contribution is 2.51. The highest BCUT2D eigenvalue weighted by atomic mass is 15.1. The number of hydrogen-bond donors (Lipinski definition) is 0. The van der Waals surface area contributed by atoms with Gasteiger partial charge in [-0.25, -0.2) is 0 Å². The summed E-state index contributed by atoms with van der Waals surface area (Å²) in [6.45, 7) is 16.0. The summed E-state index contributed by atoms with van der Waals surface area (Å²) in [6.07, 6.45) is 11.7. The Morgan fingerprint density at radius 1 is 1.04 bits per heavy atom. The van der Waals surface area contributed by atoms with Crippen LogP contribution in [0.15, 0.2) is 24.4 Å². The highest BCUT2D eigenvalue weighted by Gasteiger charge is 2.42. The van der Waals surface area contributed by atoms with Crippen LogP contribution in [0.5, 0.6) is 0 Å². The molecule has 1 aliphatic carbocycles. The third-order valence-electron chi connectivity index (χ3n) is 6.67. The third-order valence-corrected chi connectivity index (χ3v) is 6.67. The largest absolute Gasteiger partial charge is 0.303 e. The molecule has 0 unspecified atom stereocenters. The summed E-state index contributed by atoms with van der Waals surface area (Å²) >= 11 is 0. The first-order valence-corrected chi connectivity index (χ1v) is 11.0. The van der Waals surface area contributed by atoms with Crippen molar-refractivity contribution in [2.24, 2.45) is 10.8 Å². The second kappa shape index (κ2) is 8.00. The predicted molar refractivity (Wildman–Crippen MR) is 110 cm³/mol. The zero-order chi connectivity index (χ0) is 18.8. The van der Waals surface area contributed by atoms with Gasteiger partial charge in [-0.05, 0) is 43.1 Å². The van der Waals surface area contributed by atoms with E-state index in [0.717, 1.165) is 0 Å². The fourth-order valence-corrected chi connectivity index (χ4v) is 6.01. The molecule has 1 saturated carbocycles. The van der Waals surface area contributed by atoms with Crippen LogP contribution in [0, 0.1) is 10.8 Å². The van der Waals surface area contributed by atoms with Crippen LogP contribution in [0.2, 0.25) is 0 Å². The molecule has 2 aliphatic rings. The molecule has 3 rings (SSSR count). The van der Waals surface area contributed by atoms with Gasteiger partial charge in [-0.15, -0.1) is 0 Å². The molecule has 146 valence electrons. The number of unbranched alkanes of at least 4 members (excludes halogenated alkanes) is 1. The topological polar surface area (TPSA) is 7.12 Å². The van der Waals surface area contributed by atoms with E-state index in [0.29, 0.717) is 22.8 Å². The Hall–Kier alpha value is -0.890. The van der Waals surface area contributed by atoms with Gasteiger partial charge in [-0.1, -0.05) is 47.1 Å². The Balaban J connectivity index is 1.75. The molecule has 0 spiro atoms. The summed E-state index contributed by atoms with van der Waals surface area (Å²) in [4.78, 5) is 2.68. The number of likely N-dealkylation sites (tertiary alicyclic amines) is 1. The number of aromatic nitrogens is 1. The van der Waals surface area contributed by atoms with E-state index in [1.165, 1.54) is 64.6 Å². The van der Waals surface area contributed by atoms with Crippen molar-refractivity contribution in [1.29, 1.82) is 0 Å². The molecule has 2 nitrogen and oxygen atoms in total. The third kappa shape index (κ3) is 4.88. The van der Waals surface area contributed by atoms with Gasteiger partial charge in [0.1, 0.15) is 0 Å². The number of piperidine rings is 1. The zero-order valence-electron chi connectivity index (χ0n) is 17.9. The Kier molecular flexibility index (Phi) is 6.11. The van der Waals surface area contributed by atoms with E-state index in [-0.39, 0.29) is 0 Å². The van der Waals surface area contributed by atoms with Gasteiger partial charge < -0.3 is 4.90 Å².